The van der Waals surface area contributed by atoms with Gasteiger partial charge >= 0.3 is 0 Å². The number of hydrogen-bond acceptors (Lipinski definition) is 1. The van der Waals surface area contributed by atoms with E-state index in [9.17, 15) is 4.39 Å². The Morgan fingerprint density at radius 2 is 2.27 bits per heavy atom. The third-order valence-corrected chi connectivity index (χ3v) is 2.84. The second-order valence-corrected chi connectivity index (χ2v) is 3.93. The fraction of sp³-hybridized carbons (Fsp3) is 1.00. The van der Waals surface area contributed by atoms with Crippen molar-refractivity contribution in [3.8, 4) is 0 Å². The topological polar surface area (TPSA) is 3.24 Å². The first-order valence-corrected chi connectivity index (χ1v) is 4.44. The van der Waals surface area contributed by atoms with Gasteiger partial charge in [0.15, 0.2) is 0 Å². The SMILES string of the molecule is CCCC1(C)CC(F)CN1C. The average Bonchev–Trinajstić information content (AvgIpc) is 2.08. The Hall–Kier alpha value is -0.110. The van der Waals surface area contributed by atoms with Gasteiger partial charge in [0.05, 0.1) is 0 Å². The number of alkyl halides is 1. The predicted molar refractivity (Wildman–Crippen MR) is 45.5 cm³/mol. The molecule has 1 heterocycles. The minimum atomic E-state index is -0.600. The smallest absolute Gasteiger partial charge is 0.114 e. The van der Waals surface area contributed by atoms with Gasteiger partial charge in [-0.15, -0.1) is 0 Å². The molecule has 1 rings (SSSR count). The van der Waals surface area contributed by atoms with Gasteiger partial charge in [0.1, 0.15) is 6.17 Å². The molecule has 66 valence electrons. The molecule has 1 aliphatic rings. The second kappa shape index (κ2) is 3.10. The summed E-state index contributed by atoms with van der Waals surface area (Å²) in [7, 11) is 2.02. The number of rotatable bonds is 2. The van der Waals surface area contributed by atoms with E-state index in [2.05, 4.69) is 18.7 Å². The van der Waals surface area contributed by atoms with Crippen LogP contribution in [0.15, 0.2) is 0 Å². The Bertz CT molecular complexity index is 138. The quantitative estimate of drug-likeness (QED) is 0.597. The van der Waals surface area contributed by atoms with Gasteiger partial charge in [-0.1, -0.05) is 13.3 Å². The van der Waals surface area contributed by atoms with Crippen molar-refractivity contribution in [3.05, 3.63) is 0 Å². The molecule has 2 unspecified atom stereocenters. The summed E-state index contributed by atoms with van der Waals surface area (Å²) >= 11 is 0. The van der Waals surface area contributed by atoms with E-state index in [4.69, 9.17) is 0 Å². The summed E-state index contributed by atoms with van der Waals surface area (Å²) in [6.07, 6.45) is 2.38. The number of nitrogens with zero attached hydrogens (tertiary/aromatic N) is 1. The van der Waals surface area contributed by atoms with Crippen LogP contribution in [0.4, 0.5) is 4.39 Å². The molecule has 0 aromatic carbocycles. The van der Waals surface area contributed by atoms with Crippen molar-refractivity contribution < 1.29 is 4.39 Å². The molecular formula is C9H18FN. The molecule has 0 radical (unpaired) electrons. The van der Waals surface area contributed by atoms with Crippen LogP contribution < -0.4 is 0 Å². The summed E-state index contributed by atoms with van der Waals surface area (Å²) in [6.45, 7) is 4.94. The maximum atomic E-state index is 13.0. The number of halogens is 1. The normalized spacial score (nSPS) is 39.8. The summed E-state index contributed by atoms with van der Waals surface area (Å²) in [5.41, 5.74) is 0.133. The minimum Gasteiger partial charge on any atom is -0.298 e. The van der Waals surface area contributed by atoms with Crippen molar-refractivity contribution in [2.24, 2.45) is 0 Å². The van der Waals surface area contributed by atoms with Crippen molar-refractivity contribution in [3.63, 3.8) is 0 Å². The van der Waals surface area contributed by atoms with Gasteiger partial charge in [-0.2, -0.15) is 0 Å². The molecular weight excluding hydrogens is 141 g/mol. The van der Waals surface area contributed by atoms with Gasteiger partial charge in [0, 0.05) is 12.1 Å². The summed E-state index contributed by atoms with van der Waals surface area (Å²) in [6, 6.07) is 0. The highest BCUT2D eigenvalue weighted by Crippen LogP contribution is 2.32. The van der Waals surface area contributed by atoms with Gasteiger partial charge in [0.2, 0.25) is 0 Å². The second-order valence-electron chi connectivity index (χ2n) is 3.93. The highest BCUT2D eigenvalue weighted by molar-refractivity contribution is 4.94. The van der Waals surface area contributed by atoms with Crippen LogP contribution in [-0.2, 0) is 0 Å². The fourth-order valence-corrected chi connectivity index (χ4v) is 2.05. The van der Waals surface area contributed by atoms with E-state index in [0.717, 1.165) is 19.3 Å². The van der Waals surface area contributed by atoms with Crippen molar-refractivity contribution >= 4 is 0 Å². The fourth-order valence-electron chi connectivity index (χ4n) is 2.05. The van der Waals surface area contributed by atoms with Crippen molar-refractivity contribution in [2.45, 2.75) is 44.8 Å². The molecule has 0 N–H and O–H groups in total. The van der Waals surface area contributed by atoms with Crippen LogP contribution in [0.25, 0.3) is 0 Å². The molecule has 0 aliphatic carbocycles. The first-order valence-electron chi connectivity index (χ1n) is 4.44. The maximum Gasteiger partial charge on any atom is 0.114 e. The predicted octanol–water partition coefficient (Wildman–Crippen LogP) is 2.22. The molecule has 0 amide bonds. The lowest BCUT2D eigenvalue weighted by Gasteiger charge is -2.31. The molecule has 2 atom stereocenters. The molecule has 0 bridgehead atoms. The van der Waals surface area contributed by atoms with Crippen LogP contribution in [0.2, 0.25) is 0 Å². The lowest BCUT2D eigenvalue weighted by Crippen LogP contribution is -2.37. The van der Waals surface area contributed by atoms with Gasteiger partial charge in [-0.3, -0.25) is 4.90 Å². The van der Waals surface area contributed by atoms with Crippen LogP contribution in [0.3, 0.4) is 0 Å². The zero-order valence-corrected chi connectivity index (χ0v) is 7.73. The molecule has 1 saturated heterocycles. The maximum absolute atomic E-state index is 13.0. The number of likely N-dealkylation sites (tertiary alicyclic amines) is 1. The Kier molecular flexibility index (Phi) is 2.53. The van der Waals surface area contributed by atoms with E-state index in [1.54, 1.807) is 0 Å². The standard InChI is InChI=1S/C9H18FN/c1-4-5-9(2)6-8(10)7-11(9)3/h8H,4-7H2,1-3H3. The van der Waals surface area contributed by atoms with E-state index >= 15 is 0 Å². The lowest BCUT2D eigenvalue weighted by atomic mass is 9.93. The molecule has 0 aromatic heterocycles. The van der Waals surface area contributed by atoms with Gasteiger partial charge in [-0.25, -0.2) is 4.39 Å². The van der Waals surface area contributed by atoms with Crippen molar-refractivity contribution in [1.29, 1.82) is 0 Å². The van der Waals surface area contributed by atoms with Gasteiger partial charge in [0.25, 0.3) is 0 Å². The lowest BCUT2D eigenvalue weighted by molar-refractivity contribution is 0.181. The van der Waals surface area contributed by atoms with Crippen molar-refractivity contribution in [2.75, 3.05) is 13.6 Å². The van der Waals surface area contributed by atoms with Crippen LogP contribution in [-0.4, -0.2) is 30.2 Å². The molecule has 2 heteroatoms. The van der Waals surface area contributed by atoms with E-state index in [-0.39, 0.29) is 5.54 Å². The van der Waals surface area contributed by atoms with Crippen molar-refractivity contribution in [1.82, 2.24) is 4.90 Å². The molecule has 0 saturated carbocycles. The van der Waals surface area contributed by atoms with E-state index in [1.807, 2.05) is 7.05 Å². The Morgan fingerprint density at radius 3 is 2.64 bits per heavy atom. The summed E-state index contributed by atoms with van der Waals surface area (Å²) in [5.74, 6) is 0. The summed E-state index contributed by atoms with van der Waals surface area (Å²) < 4.78 is 13.0. The van der Waals surface area contributed by atoms with Gasteiger partial charge in [-0.05, 0) is 26.8 Å². The molecule has 0 spiro atoms. The molecule has 0 aromatic rings. The largest absolute Gasteiger partial charge is 0.298 e. The third-order valence-electron chi connectivity index (χ3n) is 2.84. The zero-order chi connectivity index (χ0) is 8.48. The highest BCUT2D eigenvalue weighted by atomic mass is 19.1. The van der Waals surface area contributed by atoms with Crippen LogP contribution in [0, 0.1) is 0 Å². The first kappa shape index (κ1) is 8.98. The monoisotopic (exact) mass is 159 g/mol. The zero-order valence-electron chi connectivity index (χ0n) is 7.73. The molecule has 11 heavy (non-hydrogen) atoms. The van der Waals surface area contributed by atoms with E-state index < -0.39 is 6.17 Å². The Balaban J connectivity index is 2.55. The molecule has 1 nitrogen and oxygen atoms in total. The molecule has 1 aliphatic heterocycles. The summed E-state index contributed by atoms with van der Waals surface area (Å²) in [4.78, 5) is 2.15. The Morgan fingerprint density at radius 1 is 1.64 bits per heavy atom. The Labute approximate surface area is 68.6 Å². The molecule has 1 fully saturated rings. The van der Waals surface area contributed by atoms with E-state index in [0.29, 0.717) is 6.54 Å². The third kappa shape index (κ3) is 1.73. The van der Waals surface area contributed by atoms with Gasteiger partial charge < -0.3 is 0 Å². The van der Waals surface area contributed by atoms with Crippen LogP contribution in [0.1, 0.15) is 33.1 Å². The van der Waals surface area contributed by atoms with Crippen LogP contribution >= 0.6 is 0 Å². The van der Waals surface area contributed by atoms with E-state index in [1.165, 1.54) is 0 Å². The first-order chi connectivity index (χ1) is 5.08. The average molecular weight is 159 g/mol. The number of hydrogen-bond donors (Lipinski definition) is 0. The minimum absolute atomic E-state index is 0.133. The highest BCUT2D eigenvalue weighted by Gasteiger charge is 2.38. The summed E-state index contributed by atoms with van der Waals surface area (Å²) in [5, 5.41) is 0. The van der Waals surface area contributed by atoms with Crippen LogP contribution in [0.5, 0.6) is 0 Å².